The van der Waals surface area contributed by atoms with Gasteiger partial charge in [0.2, 0.25) is 11.7 Å². The van der Waals surface area contributed by atoms with Crippen molar-refractivity contribution in [1.82, 2.24) is 14.6 Å². The molecule has 10 heteroatoms. The monoisotopic (exact) mass is 359 g/mol. The first-order chi connectivity index (χ1) is 12.3. The van der Waals surface area contributed by atoms with Crippen LogP contribution in [0.25, 0.3) is 5.65 Å². The molecule has 1 aromatic carbocycles. The van der Waals surface area contributed by atoms with Gasteiger partial charge in [0.15, 0.2) is 5.65 Å². The number of anilines is 1. The molecule has 3 rings (SSSR count). The highest BCUT2D eigenvalue weighted by molar-refractivity contribution is 5.92. The van der Waals surface area contributed by atoms with Crippen molar-refractivity contribution < 1.29 is 14.1 Å². The van der Waals surface area contributed by atoms with Gasteiger partial charge in [-0.2, -0.15) is 4.39 Å². The molecule has 0 aliphatic rings. The number of carbonyl (C=O) groups is 1. The van der Waals surface area contributed by atoms with E-state index < -0.39 is 22.3 Å². The lowest BCUT2D eigenvalue weighted by molar-refractivity contribution is -0.387. The van der Waals surface area contributed by atoms with Crippen LogP contribution in [0.1, 0.15) is 17.0 Å². The van der Waals surface area contributed by atoms with Gasteiger partial charge in [-0.1, -0.05) is 0 Å². The van der Waals surface area contributed by atoms with Crippen molar-refractivity contribution in [3.05, 3.63) is 67.5 Å². The van der Waals surface area contributed by atoms with Crippen molar-refractivity contribution in [2.45, 2.75) is 20.3 Å². The first kappa shape index (κ1) is 17.3. The van der Waals surface area contributed by atoms with Crippen molar-refractivity contribution in [3.63, 3.8) is 0 Å². The number of fused-ring (bicyclic) bond motifs is 1. The smallest absolute Gasteiger partial charge is 0.306 e. The Morgan fingerprint density at radius 3 is 2.81 bits per heavy atom. The van der Waals surface area contributed by atoms with Crippen molar-refractivity contribution in [3.8, 4) is 0 Å². The third-order valence-electron chi connectivity index (χ3n) is 3.97. The molecule has 0 aliphatic heterocycles. The number of rotatable bonds is 4. The molecule has 0 spiro atoms. The van der Waals surface area contributed by atoms with Crippen molar-refractivity contribution in [2.75, 3.05) is 5.32 Å². The van der Waals surface area contributed by atoms with E-state index in [0.717, 1.165) is 12.1 Å². The fourth-order valence-electron chi connectivity index (χ4n) is 2.71. The van der Waals surface area contributed by atoms with Crippen LogP contribution in [0.5, 0.6) is 0 Å². The number of hydrogen-bond acceptors (Lipinski definition) is 5. The Bertz CT molecular complexity index is 1100. The Morgan fingerprint density at radius 1 is 1.38 bits per heavy atom. The second-order valence-electron chi connectivity index (χ2n) is 5.72. The molecule has 2 heterocycles. The lowest BCUT2D eigenvalue weighted by Crippen LogP contribution is -2.18. The summed E-state index contributed by atoms with van der Waals surface area (Å²) in [5.74, 6) is -1.43. The number of amides is 1. The van der Waals surface area contributed by atoms with Crippen LogP contribution >= 0.6 is 0 Å². The van der Waals surface area contributed by atoms with Gasteiger partial charge in [-0.3, -0.25) is 24.8 Å². The number of nitro benzene ring substituents is 1. The van der Waals surface area contributed by atoms with Crippen LogP contribution in [-0.4, -0.2) is 25.4 Å². The quantitative estimate of drug-likeness (QED) is 0.544. The summed E-state index contributed by atoms with van der Waals surface area (Å²) in [5.41, 5.74) is 1.38. The standard InChI is InChI=1S/C16H14FN5O4/c1-8-11(9(2)21-14(18-8)7-16(24)20-21)6-15(23)19-10-3-4-12(17)13(5-10)22(25)26/h3-5,7H,6H2,1-2H3,(H,19,23)(H,20,24). The predicted molar refractivity (Wildman–Crippen MR) is 90.7 cm³/mol. The van der Waals surface area contributed by atoms with Crippen LogP contribution in [0.4, 0.5) is 15.8 Å². The van der Waals surface area contributed by atoms with E-state index in [0.29, 0.717) is 22.6 Å². The van der Waals surface area contributed by atoms with Gasteiger partial charge in [0.25, 0.3) is 5.56 Å². The Hall–Kier alpha value is -3.56. The number of nitrogens with zero attached hydrogens (tertiary/aromatic N) is 3. The summed E-state index contributed by atoms with van der Waals surface area (Å²) in [6.07, 6.45) is -0.0635. The second-order valence-corrected chi connectivity index (χ2v) is 5.72. The third-order valence-corrected chi connectivity index (χ3v) is 3.97. The van der Waals surface area contributed by atoms with Crippen molar-refractivity contribution in [1.29, 1.82) is 0 Å². The van der Waals surface area contributed by atoms with Gasteiger partial charge in [-0.05, 0) is 26.0 Å². The average Bonchev–Trinajstić information content (AvgIpc) is 2.93. The summed E-state index contributed by atoms with van der Waals surface area (Å²) in [5, 5.41) is 15.9. The van der Waals surface area contributed by atoms with Crippen LogP contribution in [0, 0.1) is 29.8 Å². The van der Waals surface area contributed by atoms with E-state index >= 15 is 0 Å². The summed E-state index contributed by atoms with van der Waals surface area (Å²) in [6.45, 7) is 3.46. The first-order valence-corrected chi connectivity index (χ1v) is 7.58. The number of aromatic amines is 1. The average molecular weight is 359 g/mol. The largest absolute Gasteiger partial charge is 0.326 e. The number of aromatic nitrogens is 3. The van der Waals surface area contributed by atoms with E-state index in [1.165, 1.54) is 16.6 Å². The number of halogens is 1. The Morgan fingerprint density at radius 2 is 2.12 bits per heavy atom. The zero-order chi connectivity index (χ0) is 19.0. The number of nitrogens with one attached hydrogen (secondary N) is 2. The molecule has 0 aliphatic carbocycles. The van der Waals surface area contributed by atoms with Gasteiger partial charge in [-0.25, -0.2) is 9.50 Å². The fourth-order valence-corrected chi connectivity index (χ4v) is 2.71. The van der Waals surface area contributed by atoms with Gasteiger partial charge >= 0.3 is 5.69 Å². The maximum atomic E-state index is 13.4. The van der Waals surface area contributed by atoms with E-state index in [4.69, 9.17) is 0 Å². The Balaban J connectivity index is 1.87. The minimum atomic E-state index is -0.981. The summed E-state index contributed by atoms with van der Waals surface area (Å²) in [7, 11) is 0. The molecule has 2 aromatic heterocycles. The van der Waals surface area contributed by atoms with Crippen LogP contribution in [0.3, 0.4) is 0 Å². The molecule has 1 amide bonds. The summed E-state index contributed by atoms with van der Waals surface area (Å²) in [6, 6.07) is 4.46. The predicted octanol–water partition coefficient (Wildman–Crippen LogP) is 1.87. The molecular weight excluding hydrogens is 345 g/mol. The molecule has 0 fully saturated rings. The highest BCUT2D eigenvalue weighted by atomic mass is 19.1. The molecule has 9 nitrogen and oxygen atoms in total. The molecule has 0 atom stereocenters. The topological polar surface area (TPSA) is 122 Å². The van der Waals surface area contributed by atoms with E-state index in [1.807, 2.05) is 0 Å². The van der Waals surface area contributed by atoms with Crippen LogP contribution in [-0.2, 0) is 11.2 Å². The van der Waals surface area contributed by atoms with E-state index in [1.54, 1.807) is 13.8 Å². The molecule has 134 valence electrons. The fraction of sp³-hybridized carbons (Fsp3) is 0.188. The van der Waals surface area contributed by atoms with Gasteiger partial charge in [0.1, 0.15) is 0 Å². The van der Waals surface area contributed by atoms with Gasteiger partial charge in [0.05, 0.1) is 11.3 Å². The molecule has 0 radical (unpaired) electrons. The van der Waals surface area contributed by atoms with Crippen molar-refractivity contribution in [2.24, 2.45) is 0 Å². The van der Waals surface area contributed by atoms with Crippen LogP contribution in [0.15, 0.2) is 29.1 Å². The molecule has 0 saturated carbocycles. The molecule has 26 heavy (non-hydrogen) atoms. The minimum Gasteiger partial charge on any atom is -0.326 e. The molecule has 3 aromatic rings. The molecule has 0 bridgehead atoms. The molecule has 2 N–H and O–H groups in total. The second kappa shape index (κ2) is 6.39. The Kier molecular flexibility index (Phi) is 4.24. The highest BCUT2D eigenvalue weighted by Gasteiger charge is 2.17. The zero-order valence-corrected chi connectivity index (χ0v) is 13.9. The number of carbonyl (C=O) groups excluding carboxylic acids is 1. The lowest BCUT2D eigenvalue weighted by Gasteiger charge is -2.11. The van der Waals surface area contributed by atoms with Gasteiger partial charge in [0, 0.05) is 34.8 Å². The van der Waals surface area contributed by atoms with E-state index in [9.17, 15) is 24.1 Å². The third kappa shape index (κ3) is 3.16. The normalized spacial score (nSPS) is 10.9. The summed E-state index contributed by atoms with van der Waals surface area (Å²) >= 11 is 0. The van der Waals surface area contributed by atoms with E-state index in [2.05, 4.69) is 15.4 Å². The number of benzene rings is 1. The first-order valence-electron chi connectivity index (χ1n) is 7.58. The number of nitro groups is 1. The van der Waals surface area contributed by atoms with Gasteiger partial charge < -0.3 is 5.32 Å². The summed E-state index contributed by atoms with van der Waals surface area (Å²) in [4.78, 5) is 38.0. The molecule has 0 unspecified atom stereocenters. The summed E-state index contributed by atoms with van der Waals surface area (Å²) < 4.78 is 14.9. The van der Waals surface area contributed by atoms with Gasteiger partial charge in [-0.15, -0.1) is 0 Å². The highest BCUT2D eigenvalue weighted by Crippen LogP contribution is 2.22. The number of hydrogen-bond donors (Lipinski definition) is 2. The SMILES string of the molecule is Cc1nc2cc(=O)[nH]n2c(C)c1CC(=O)Nc1ccc(F)c([N+](=O)[O-])c1. The Labute approximate surface area is 145 Å². The van der Waals surface area contributed by atoms with Crippen LogP contribution in [0.2, 0.25) is 0 Å². The maximum absolute atomic E-state index is 13.4. The molecule has 0 saturated heterocycles. The van der Waals surface area contributed by atoms with Crippen LogP contribution < -0.4 is 10.9 Å². The van der Waals surface area contributed by atoms with Crippen molar-refractivity contribution >= 4 is 22.9 Å². The molecular formula is C16H14FN5O4. The number of aryl methyl sites for hydroxylation is 2. The number of H-pyrrole nitrogens is 1. The zero-order valence-electron chi connectivity index (χ0n) is 13.9. The minimum absolute atomic E-state index is 0.0635. The maximum Gasteiger partial charge on any atom is 0.306 e. The lowest BCUT2D eigenvalue weighted by atomic mass is 10.1. The van der Waals surface area contributed by atoms with E-state index in [-0.39, 0.29) is 17.7 Å².